The first-order valence-electron chi connectivity index (χ1n) is 14.7. The normalized spacial score (nSPS) is 29.6. The third-order valence-corrected chi connectivity index (χ3v) is 9.84. The van der Waals surface area contributed by atoms with E-state index in [0.717, 1.165) is 6.92 Å². The Hall–Kier alpha value is -3.28. The number of hydrogen-bond donors (Lipinski definition) is 5. The summed E-state index contributed by atoms with van der Waals surface area (Å²) in [5.74, 6) is -3.87. The number of ketones is 3. The highest BCUT2D eigenvalue weighted by atomic mass is 35.5. The third-order valence-electron chi connectivity index (χ3n) is 8.81. The number of aliphatic hydroxyl groups excluding tert-OH is 1. The highest BCUT2D eigenvalue weighted by molar-refractivity contribution is 8.00. The van der Waals surface area contributed by atoms with Crippen LogP contribution in [0.15, 0.2) is 18.2 Å². The van der Waals surface area contributed by atoms with E-state index in [0.29, 0.717) is 12.4 Å². The van der Waals surface area contributed by atoms with E-state index in [-0.39, 0.29) is 53.3 Å². The number of aliphatic hydroxyl groups is 2. The lowest BCUT2D eigenvalue weighted by Gasteiger charge is -2.42. The summed E-state index contributed by atoms with van der Waals surface area (Å²) in [6.07, 6.45) is -4.89. The molecule has 47 heavy (non-hydrogen) atoms. The first-order valence-corrected chi connectivity index (χ1v) is 15.7. The highest BCUT2D eigenvalue weighted by Crippen LogP contribution is 2.52. The molecule has 2 fully saturated rings. The van der Waals surface area contributed by atoms with Gasteiger partial charge in [0.2, 0.25) is 18.0 Å². The van der Waals surface area contributed by atoms with Crippen molar-refractivity contribution in [2.75, 3.05) is 19.2 Å². The zero-order valence-corrected chi connectivity index (χ0v) is 26.9. The highest BCUT2D eigenvalue weighted by Gasteiger charge is 2.49. The number of aromatic hydroxyl groups is 2. The smallest absolute Gasteiger partial charge is 0.348 e. The van der Waals surface area contributed by atoms with Crippen molar-refractivity contribution in [3.05, 3.63) is 51.6 Å². The second-order valence-electron chi connectivity index (χ2n) is 11.7. The summed E-state index contributed by atoms with van der Waals surface area (Å²) in [5, 5.41) is 44.7. The number of hydrogen-bond acceptors (Lipinski definition) is 15. The van der Waals surface area contributed by atoms with Crippen molar-refractivity contribution in [2.45, 2.75) is 74.8 Å². The van der Waals surface area contributed by atoms with Gasteiger partial charge in [0, 0.05) is 47.7 Å². The van der Waals surface area contributed by atoms with E-state index in [1.165, 1.54) is 30.0 Å². The van der Waals surface area contributed by atoms with Crippen molar-refractivity contribution in [3.63, 3.8) is 0 Å². The van der Waals surface area contributed by atoms with Crippen LogP contribution >= 0.6 is 24.2 Å². The van der Waals surface area contributed by atoms with Crippen LogP contribution in [0.4, 0.5) is 0 Å². The first kappa shape index (κ1) is 35.0. The van der Waals surface area contributed by atoms with Gasteiger partial charge in [0.25, 0.3) is 0 Å². The van der Waals surface area contributed by atoms with Crippen molar-refractivity contribution >= 4 is 47.5 Å². The zero-order valence-electron chi connectivity index (χ0n) is 25.3. The van der Waals surface area contributed by atoms with Gasteiger partial charge in [0.1, 0.15) is 22.8 Å². The topological polar surface area (TPSA) is 221 Å². The Balaban J connectivity index is 0.00000433. The number of rotatable bonds is 7. The molecule has 2 aliphatic heterocycles. The minimum atomic E-state index is -2.06. The standard InChI is InChI=1S/C31H33NO13S.ClH/c1-12-24(34)16(32)8-19(44-12)45-18-10-31(40,13(2)33)9-15-21(18)28(38)23-22(26(15)36)25(35)14-4-3-5-17(20(14)27(23)37)42-11-43-29(39)30-41-6-7-46-30;/h3-5,12,16,18-19,24,30,34,36,38,40H,6-11,32H2,1-2H3;1H/t12?,16?,18-,19?,24?,30?,31-;/m0./s1. The van der Waals surface area contributed by atoms with E-state index in [2.05, 4.69) is 0 Å². The van der Waals surface area contributed by atoms with Crippen molar-refractivity contribution in [1.82, 2.24) is 0 Å². The molecule has 2 aromatic rings. The van der Waals surface area contributed by atoms with Gasteiger partial charge in [-0.1, -0.05) is 12.1 Å². The maximum Gasteiger partial charge on any atom is 0.348 e. The SMILES string of the molecule is CC(=O)[C@]1(O)Cc2c(O)c3c(c(O)c2[C@@H](OC2CC(N)C(O)C(C)O2)C1)C(=O)c1c(OCOC(=O)C2OCCS2)cccc1C3=O.Cl. The second kappa shape index (κ2) is 13.3. The van der Waals surface area contributed by atoms with Gasteiger partial charge in [0.15, 0.2) is 17.9 Å². The number of fused-ring (bicyclic) bond motifs is 3. The number of thioether (sulfide) groups is 1. The Morgan fingerprint density at radius 3 is 2.51 bits per heavy atom. The molecule has 0 saturated carbocycles. The molecule has 2 heterocycles. The monoisotopic (exact) mass is 695 g/mol. The Kier molecular flexibility index (Phi) is 9.93. The average Bonchev–Trinajstić information content (AvgIpc) is 3.55. The number of carbonyl (C=O) groups is 4. The summed E-state index contributed by atoms with van der Waals surface area (Å²) >= 11 is 1.27. The lowest BCUT2D eigenvalue weighted by atomic mass is 9.72. The van der Waals surface area contributed by atoms with Crippen LogP contribution in [0.3, 0.4) is 0 Å². The molecule has 2 saturated heterocycles. The third kappa shape index (κ3) is 6.10. The predicted octanol–water partition coefficient (Wildman–Crippen LogP) is 1.41. The summed E-state index contributed by atoms with van der Waals surface area (Å²) in [6, 6.07) is 3.43. The van der Waals surface area contributed by atoms with E-state index in [9.17, 15) is 39.6 Å². The molecule has 6 rings (SSSR count). The Morgan fingerprint density at radius 2 is 1.85 bits per heavy atom. The number of ether oxygens (including phenoxy) is 5. The number of phenols is 2. The quantitative estimate of drug-likeness (QED) is 0.134. The number of nitrogens with two attached hydrogens (primary N) is 1. The van der Waals surface area contributed by atoms with Crippen LogP contribution in [0.2, 0.25) is 0 Å². The van der Waals surface area contributed by atoms with Crippen LogP contribution < -0.4 is 10.5 Å². The Bertz CT molecular complexity index is 1620. The Labute approximate surface area is 278 Å². The number of benzene rings is 2. The van der Waals surface area contributed by atoms with Gasteiger partial charge >= 0.3 is 5.97 Å². The lowest BCUT2D eigenvalue weighted by Crippen LogP contribution is -2.52. The molecule has 16 heteroatoms. The predicted molar refractivity (Wildman–Crippen MR) is 165 cm³/mol. The van der Waals surface area contributed by atoms with Crippen LogP contribution in [-0.2, 0) is 35.0 Å². The van der Waals surface area contributed by atoms with Crippen LogP contribution in [0.5, 0.6) is 17.2 Å². The minimum absolute atomic E-state index is 0. The number of esters is 1. The van der Waals surface area contributed by atoms with Gasteiger partial charge in [0.05, 0.1) is 41.6 Å². The van der Waals surface area contributed by atoms with Gasteiger partial charge in [-0.2, -0.15) is 0 Å². The second-order valence-corrected chi connectivity index (χ2v) is 12.9. The number of halogens is 1. The summed E-state index contributed by atoms with van der Waals surface area (Å²) < 4.78 is 27.8. The van der Waals surface area contributed by atoms with Crippen LogP contribution in [0.1, 0.15) is 75.8 Å². The Morgan fingerprint density at radius 1 is 1.13 bits per heavy atom. The molecule has 2 aliphatic carbocycles. The molecular weight excluding hydrogens is 662 g/mol. The van der Waals surface area contributed by atoms with E-state index in [4.69, 9.17) is 29.4 Å². The lowest BCUT2D eigenvalue weighted by molar-refractivity contribution is -0.247. The molecule has 0 spiro atoms. The maximum atomic E-state index is 14.0. The van der Waals surface area contributed by atoms with Crippen molar-refractivity contribution in [3.8, 4) is 17.2 Å². The largest absolute Gasteiger partial charge is 0.507 e. The van der Waals surface area contributed by atoms with Crippen LogP contribution in [0, 0.1) is 0 Å². The van der Waals surface area contributed by atoms with E-state index in [1.807, 2.05) is 0 Å². The molecule has 0 bridgehead atoms. The fourth-order valence-corrected chi connectivity index (χ4v) is 7.13. The zero-order chi connectivity index (χ0) is 33.1. The number of Topliss-reactive ketones (excluding diaryl/α,β-unsaturated/α-hetero) is 1. The fourth-order valence-electron chi connectivity index (χ4n) is 6.32. The van der Waals surface area contributed by atoms with Crippen molar-refractivity contribution < 1.29 is 63.3 Å². The molecule has 6 N–H and O–H groups in total. The van der Waals surface area contributed by atoms with Crippen LogP contribution in [0.25, 0.3) is 0 Å². The molecule has 4 aliphatic rings. The van der Waals surface area contributed by atoms with Crippen molar-refractivity contribution in [2.24, 2.45) is 5.73 Å². The van der Waals surface area contributed by atoms with Crippen molar-refractivity contribution in [1.29, 1.82) is 0 Å². The summed E-state index contributed by atoms with van der Waals surface area (Å²) in [7, 11) is 0. The first-order chi connectivity index (χ1) is 21.8. The average molecular weight is 696 g/mol. The summed E-state index contributed by atoms with van der Waals surface area (Å²) in [6.45, 7) is 2.55. The molecule has 0 radical (unpaired) electrons. The molecular formula is C31H34ClNO13S. The number of carbonyl (C=O) groups excluding carboxylic acids is 4. The molecule has 254 valence electrons. The van der Waals surface area contributed by atoms with Crippen LogP contribution in [-0.4, -0.2) is 98.5 Å². The van der Waals surface area contributed by atoms with Gasteiger partial charge in [-0.25, -0.2) is 4.79 Å². The minimum Gasteiger partial charge on any atom is -0.507 e. The van der Waals surface area contributed by atoms with E-state index < -0.39 is 101 Å². The molecule has 14 nitrogen and oxygen atoms in total. The van der Waals surface area contributed by atoms with E-state index >= 15 is 0 Å². The molecule has 7 atom stereocenters. The maximum absolute atomic E-state index is 14.0. The van der Waals surface area contributed by atoms with Gasteiger partial charge in [-0.05, 0) is 19.9 Å². The number of phenolic OH excluding ortho intramolecular Hbond substituents is 2. The summed E-state index contributed by atoms with van der Waals surface area (Å²) in [4.78, 5) is 52.7. The van der Waals surface area contributed by atoms with Gasteiger partial charge < -0.3 is 49.8 Å². The van der Waals surface area contributed by atoms with Gasteiger partial charge in [-0.3, -0.25) is 14.4 Å². The van der Waals surface area contributed by atoms with Gasteiger partial charge in [-0.15, -0.1) is 24.2 Å². The fraction of sp³-hybridized carbons (Fsp3) is 0.484. The molecule has 0 aromatic heterocycles. The molecule has 0 amide bonds. The molecule has 2 aromatic carbocycles. The van der Waals surface area contributed by atoms with E-state index in [1.54, 1.807) is 6.92 Å². The summed E-state index contributed by atoms with van der Waals surface area (Å²) in [5.41, 5.74) is 1.54. The molecule has 5 unspecified atom stereocenters.